The number of nitriles is 1. The van der Waals surface area contributed by atoms with Crippen molar-refractivity contribution in [3.05, 3.63) is 64.2 Å². The second-order valence-electron chi connectivity index (χ2n) is 6.43. The van der Waals surface area contributed by atoms with Crippen LogP contribution in [0.5, 0.6) is 0 Å². The quantitative estimate of drug-likeness (QED) is 0.772. The van der Waals surface area contributed by atoms with E-state index in [4.69, 9.17) is 16.9 Å². The van der Waals surface area contributed by atoms with Gasteiger partial charge in [-0.3, -0.25) is 4.79 Å². The molecule has 0 aliphatic carbocycles. The Labute approximate surface area is 161 Å². The maximum Gasteiger partial charge on any atom is 0.224 e. The van der Waals surface area contributed by atoms with Crippen molar-refractivity contribution in [2.45, 2.75) is 25.9 Å². The summed E-state index contributed by atoms with van der Waals surface area (Å²) in [4.78, 5) is 15.8. The summed E-state index contributed by atoms with van der Waals surface area (Å²) in [7, 11) is 0. The van der Waals surface area contributed by atoms with Gasteiger partial charge in [0.2, 0.25) is 5.91 Å². The number of hydrogen-bond acceptors (Lipinski definition) is 3. The number of likely N-dealkylation sites (N-methyl/N-ethyl adjacent to an activating group) is 1. The van der Waals surface area contributed by atoms with Gasteiger partial charge >= 0.3 is 0 Å². The van der Waals surface area contributed by atoms with E-state index in [0.717, 1.165) is 18.2 Å². The molecule has 7 heteroatoms. The van der Waals surface area contributed by atoms with Gasteiger partial charge in [-0.2, -0.15) is 5.26 Å². The molecule has 27 heavy (non-hydrogen) atoms. The first-order valence-electron chi connectivity index (χ1n) is 8.61. The average Bonchev–Trinajstić information content (AvgIpc) is 3.02. The number of benzene rings is 2. The maximum absolute atomic E-state index is 14.2. The highest BCUT2D eigenvalue weighted by Crippen LogP contribution is 2.30. The Bertz CT molecular complexity index is 913. The third-order valence-corrected chi connectivity index (χ3v) is 5.08. The fourth-order valence-electron chi connectivity index (χ4n) is 3.32. The van der Waals surface area contributed by atoms with E-state index in [9.17, 15) is 13.6 Å². The molecule has 4 nitrogen and oxygen atoms in total. The van der Waals surface area contributed by atoms with Gasteiger partial charge in [-0.15, -0.1) is 0 Å². The van der Waals surface area contributed by atoms with E-state index in [1.165, 1.54) is 0 Å². The highest BCUT2D eigenvalue weighted by atomic mass is 35.5. The third-order valence-electron chi connectivity index (χ3n) is 4.77. The summed E-state index contributed by atoms with van der Waals surface area (Å²) in [6.07, 6.45) is 0.280. The van der Waals surface area contributed by atoms with Gasteiger partial charge < -0.3 is 9.80 Å². The van der Waals surface area contributed by atoms with Gasteiger partial charge in [-0.25, -0.2) is 8.78 Å². The molecule has 0 spiro atoms. The monoisotopic (exact) mass is 389 g/mol. The van der Waals surface area contributed by atoms with Crippen LogP contribution in [0.25, 0.3) is 0 Å². The Morgan fingerprint density at radius 3 is 2.70 bits per heavy atom. The molecule has 0 saturated carbocycles. The average molecular weight is 390 g/mol. The van der Waals surface area contributed by atoms with Crippen LogP contribution in [0.2, 0.25) is 5.02 Å². The molecule has 2 aromatic carbocycles. The van der Waals surface area contributed by atoms with E-state index in [0.29, 0.717) is 24.3 Å². The van der Waals surface area contributed by atoms with Crippen molar-refractivity contribution in [3.8, 4) is 6.07 Å². The normalized spacial score (nSPS) is 16.5. The first kappa shape index (κ1) is 19.1. The number of hydrogen-bond donors (Lipinski definition) is 0. The van der Waals surface area contributed by atoms with Crippen LogP contribution < -0.4 is 4.90 Å². The zero-order valence-corrected chi connectivity index (χ0v) is 15.5. The van der Waals surface area contributed by atoms with Crippen molar-refractivity contribution >= 4 is 23.2 Å². The lowest BCUT2D eigenvalue weighted by molar-refractivity contribution is -0.127. The van der Waals surface area contributed by atoms with Gasteiger partial charge in [-0.1, -0.05) is 11.6 Å². The molecule has 1 aliphatic heterocycles. The lowest BCUT2D eigenvalue weighted by Gasteiger charge is -2.31. The number of likely N-dealkylation sites (tertiary alicyclic amines) is 1. The van der Waals surface area contributed by atoms with Gasteiger partial charge in [0.15, 0.2) is 0 Å². The number of carbonyl (C=O) groups excluding carboxylic acids is 1. The van der Waals surface area contributed by atoms with Crippen molar-refractivity contribution in [2.75, 3.05) is 18.0 Å². The minimum Gasteiger partial charge on any atom is -0.362 e. The van der Waals surface area contributed by atoms with Crippen molar-refractivity contribution in [1.29, 1.82) is 5.26 Å². The number of halogens is 3. The Hall–Kier alpha value is -2.65. The molecule has 2 aromatic rings. The predicted octanol–water partition coefficient (Wildman–Crippen LogP) is 4.12. The minimum atomic E-state index is -0.526. The lowest BCUT2D eigenvalue weighted by atomic mass is 10.1. The first-order chi connectivity index (χ1) is 12.9. The van der Waals surface area contributed by atoms with E-state index in [1.807, 2.05) is 17.9 Å². The topological polar surface area (TPSA) is 47.3 Å². The molecular weight excluding hydrogens is 372 g/mol. The van der Waals surface area contributed by atoms with Crippen molar-refractivity contribution in [3.63, 3.8) is 0 Å². The van der Waals surface area contributed by atoms with Crippen molar-refractivity contribution < 1.29 is 13.6 Å². The van der Waals surface area contributed by atoms with Crippen LogP contribution in [-0.2, 0) is 11.3 Å². The van der Waals surface area contributed by atoms with E-state index in [2.05, 4.69) is 0 Å². The molecule has 140 valence electrons. The van der Waals surface area contributed by atoms with Gasteiger partial charge in [0, 0.05) is 37.3 Å². The van der Waals surface area contributed by atoms with E-state index >= 15 is 0 Å². The van der Waals surface area contributed by atoms with Crippen LogP contribution in [0.4, 0.5) is 14.5 Å². The predicted molar refractivity (Wildman–Crippen MR) is 99.4 cm³/mol. The van der Waals surface area contributed by atoms with Crippen molar-refractivity contribution in [2.24, 2.45) is 0 Å². The molecule has 0 aromatic heterocycles. The van der Waals surface area contributed by atoms with Gasteiger partial charge in [0.05, 0.1) is 16.6 Å². The summed E-state index contributed by atoms with van der Waals surface area (Å²) in [6, 6.07) is 10.0. The Balaban J connectivity index is 1.99. The summed E-state index contributed by atoms with van der Waals surface area (Å²) in [5.74, 6) is -1.02. The molecule has 1 saturated heterocycles. The first-order valence-corrected chi connectivity index (χ1v) is 8.98. The van der Waals surface area contributed by atoms with Crippen LogP contribution in [0, 0.1) is 23.0 Å². The van der Waals surface area contributed by atoms with E-state index in [-0.39, 0.29) is 35.5 Å². The molecule has 0 unspecified atom stereocenters. The smallest absolute Gasteiger partial charge is 0.224 e. The van der Waals surface area contributed by atoms with Gasteiger partial charge in [0.1, 0.15) is 17.7 Å². The molecule has 3 rings (SSSR count). The standard InChI is InChI=1S/C20H18ClF2N3O/c1-2-25-12-17(9-20(25)27)26(11-14-7-15(22)4-6-19(14)23)16-5-3-13(10-24)18(21)8-16/h3-8,17H,2,9,11-12H2,1H3/t17-/m0/s1. The molecule has 1 heterocycles. The zero-order valence-electron chi connectivity index (χ0n) is 14.8. The summed E-state index contributed by atoms with van der Waals surface area (Å²) < 4.78 is 27.8. The zero-order chi connectivity index (χ0) is 19.6. The van der Waals surface area contributed by atoms with Gasteiger partial charge in [0.25, 0.3) is 0 Å². The minimum absolute atomic E-state index is 0.0203. The Morgan fingerprint density at radius 2 is 2.07 bits per heavy atom. The summed E-state index contributed by atoms with van der Waals surface area (Å²) >= 11 is 6.16. The summed E-state index contributed by atoms with van der Waals surface area (Å²) in [6.45, 7) is 3.06. The van der Waals surface area contributed by atoms with Crippen LogP contribution >= 0.6 is 11.6 Å². The molecule has 0 bridgehead atoms. The molecule has 0 N–H and O–H groups in total. The molecular formula is C20H18ClF2N3O. The van der Waals surface area contributed by atoms with E-state index < -0.39 is 11.6 Å². The summed E-state index contributed by atoms with van der Waals surface area (Å²) in [5, 5.41) is 9.35. The highest BCUT2D eigenvalue weighted by Gasteiger charge is 2.33. The van der Waals surface area contributed by atoms with Crippen molar-refractivity contribution in [1.82, 2.24) is 4.90 Å². The fourth-order valence-corrected chi connectivity index (χ4v) is 3.54. The molecule has 1 atom stereocenters. The summed E-state index contributed by atoms with van der Waals surface area (Å²) in [5.41, 5.74) is 1.17. The van der Waals surface area contributed by atoms with Crippen LogP contribution in [0.15, 0.2) is 36.4 Å². The Morgan fingerprint density at radius 1 is 1.30 bits per heavy atom. The largest absolute Gasteiger partial charge is 0.362 e. The SMILES string of the molecule is CCN1C[C@@H](N(Cc2cc(F)ccc2F)c2ccc(C#N)c(Cl)c2)CC1=O. The van der Waals surface area contributed by atoms with Crippen LogP contribution in [0.1, 0.15) is 24.5 Å². The van der Waals surface area contributed by atoms with Gasteiger partial charge in [-0.05, 0) is 43.3 Å². The molecule has 1 aliphatic rings. The molecule has 1 amide bonds. The second kappa shape index (κ2) is 7.93. The fraction of sp³-hybridized carbons (Fsp3) is 0.300. The van der Waals surface area contributed by atoms with E-state index in [1.54, 1.807) is 23.1 Å². The third kappa shape index (κ3) is 4.04. The van der Waals surface area contributed by atoms with Crippen LogP contribution in [0.3, 0.4) is 0 Å². The number of rotatable bonds is 5. The number of carbonyl (C=O) groups is 1. The second-order valence-corrected chi connectivity index (χ2v) is 6.84. The lowest BCUT2D eigenvalue weighted by Crippen LogP contribution is -2.37. The maximum atomic E-state index is 14.2. The molecule has 1 fully saturated rings. The molecule has 0 radical (unpaired) electrons. The number of amides is 1. The van der Waals surface area contributed by atoms with Crippen LogP contribution in [-0.4, -0.2) is 29.9 Å². The highest BCUT2D eigenvalue weighted by molar-refractivity contribution is 6.32. The number of anilines is 1. The number of nitrogens with zero attached hydrogens (tertiary/aromatic N) is 3. The Kier molecular flexibility index (Phi) is 5.62.